The van der Waals surface area contributed by atoms with Crippen molar-refractivity contribution in [3.05, 3.63) is 39.9 Å². The molecule has 1 aliphatic heterocycles. The average molecular weight is 305 g/mol. The normalized spacial score (nSPS) is 12.9. The lowest BCUT2D eigenvalue weighted by Gasteiger charge is -2.08. The molecule has 90 valence electrons. The largest absolute Gasteiger partial charge is 0.493 e. The van der Waals surface area contributed by atoms with Crippen molar-refractivity contribution < 1.29 is 4.74 Å². The molecule has 0 bridgehead atoms. The van der Waals surface area contributed by atoms with E-state index in [0.29, 0.717) is 6.54 Å². The van der Waals surface area contributed by atoms with Gasteiger partial charge in [0.15, 0.2) is 0 Å². The number of fused-ring (bicyclic) bond motifs is 1. The lowest BCUT2D eigenvalue weighted by atomic mass is 10.1. The molecule has 5 nitrogen and oxygen atoms in total. The summed E-state index contributed by atoms with van der Waals surface area (Å²) in [5.41, 5.74) is 2.26. The second-order valence-electron chi connectivity index (χ2n) is 4.03. The zero-order chi connectivity index (χ0) is 12.5. The molecule has 2 aromatic rings. The van der Waals surface area contributed by atoms with Gasteiger partial charge >= 0.3 is 0 Å². The predicted molar refractivity (Wildman–Crippen MR) is 67.2 cm³/mol. The fourth-order valence-corrected chi connectivity index (χ4v) is 2.61. The first kappa shape index (κ1) is 11.2. The molecular weight excluding hydrogens is 296 g/mol. The van der Waals surface area contributed by atoms with Crippen LogP contribution in [0.1, 0.15) is 17.0 Å². The van der Waals surface area contributed by atoms with Gasteiger partial charge in [0.25, 0.3) is 5.82 Å². The van der Waals surface area contributed by atoms with Gasteiger partial charge in [0.1, 0.15) is 18.1 Å². The number of benzene rings is 1. The lowest BCUT2D eigenvalue weighted by molar-refractivity contribution is 0.352. The maximum Gasteiger partial charge on any atom is 0.252 e. The Morgan fingerprint density at radius 2 is 2.39 bits per heavy atom. The van der Waals surface area contributed by atoms with Gasteiger partial charge in [-0.2, -0.15) is 5.26 Å². The van der Waals surface area contributed by atoms with E-state index in [2.05, 4.69) is 32.1 Å². The van der Waals surface area contributed by atoms with Crippen LogP contribution in [0.2, 0.25) is 0 Å². The van der Waals surface area contributed by atoms with Crippen LogP contribution in [-0.2, 0) is 13.0 Å². The summed E-state index contributed by atoms with van der Waals surface area (Å²) in [4.78, 5) is 3.89. The van der Waals surface area contributed by atoms with E-state index in [9.17, 15) is 0 Å². The highest BCUT2D eigenvalue weighted by Gasteiger charge is 2.18. The van der Waals surface area contributed by atoms with Crippen LogP contribution in [-0.4, -0.2) is 21.4 Å². The van der Waals surface area contributed by atoms with Crippen LogP contribution in [0.5, 0.6) is 5.75 Å². The van der Waals surface area contributed by atoms with Crippen molar-refractivity contribution in [3.63, 3.8) is 0 Å². The monoisotopic (exact) mass is 304 g/mol. The molecular formula is C12H9BrN4O. The first-order chi connectivity index (χ1) is 8.76. The van der Waals surface area contributed by atoms with E-state index in [1.165, 1.54) is 5.56 Å². The van der Waals surface area contributed by atoms with Crippen molar-refractivity contribution in [1.82, 2.24) is 14.8 Å². The Morgan fingerprint density at radius 3 is 3.17 bits per heavy atom. The molecule has 18 heavy (non-hydrogen) atoms. The number of nitrogens with zero attached hydrogens (tertiary/aromatic N) is 4. The van der Waals surface area contributed by atoms with Crippen molar-refractivity contribution in [2.45, 2.75) is 13.0 Å². The minimum absolute atomic E-state index is 0.183. The van der Waals surface area contributed by atoms with Crippen molar-refractivity contribution >= 4 is 15.9 Å². The standard InChI is InChI=1S/C12H9BrN4O/c13-10-3-8-1-2-18-12(8)9(4-10)6-17-7-15-11(5-14)16-17/h3-4,7H,1-2,6H2. The van der Waals surface area contributed by atoms with Crippen LogP contribution in [0, 0.1) is 11.3 Å². The Hall–Kier alpha value is -1.87. The second-order valence-corrected chi connectivity index (χ2v) is 4.94. The molecule has 6 heteroatoms. The fraction of sp³-hybridized carbons (Fsp3) is 0.250. The summed E-state index contributed by atoms with van der Waals surface area (Å²) in [6, 6.07) is 6.00. The molecule has 3 rings (SSSR count). The third-order valence-corrected chi connectivity index (χ3v) is 3.25. The minimum Gasteiger partial charge on any atom is -0.493 e. The van der Waals surface area contributed by atoms with E-state index < -0.39 is 0 Å². The molecule has 1 aromatic carbocycles. The molecule has 0 aliphatic carbocycles. The molecule has 0 atom stereocenters. The van der Waals surface area contributed by atoms with Gasteiger partial charge in [-0.15, -0.1) is 5.10 Å². The molecule has 1 aromatic heterocycles. The zero-order valence-corrected chi connectivity index (χ0v) is 11.0. The Bertz CT molecular complexity index is 644. The van der Waals surface area contributed by atoms with Gasteiger partial charge in [-0.3, -0.25) is 0 Å². The van der Waals surface area contributed by atoms with Gasteiger partial charge in [-0.1, -0.05) is 15.9 Å². The van der Waals surface area contributed by atoms with Crippen LogP contribution in [0.15, 0.2) is 22.9 Å². The molecule has 0 unspecified atom stereocenters. The topological polar surface area (TPSA) is 63.7 Å². The van der Waals surface area contributed by atoms with Gasteiger partial charge in [-0.05, 0) is 17.7 Å². The summed E-state index contributed by atoms with van der Waals surface area (Å²) in [7, 11) is 0. The van der Waals surface area contributed by atoms with Gasteiger partial charge in [0.05, 0.1) is 13.2 Å². The van der Waals surface area contributed by atoms with E-state index in [1.807, 2.05) is 12.1 Å². The smallest absolute Gasteiger partial charge is 0.252 e. The van der Waals surface area contributed by atoms with E-state index >= 15 is 0 Å². The second kappa shape index (κ2) is 4.42. The van der Waals surface area contributed by atoms with Crippen LogP contribution in [0.3, 0.4) is 0 Å². The van der Waals surface area contributed by atoms with Crippen LogP contribution in [0.4, 0.5) is 0 Å². The molecule has 0 radical (unpaired) electrons. The Kier molecular flexibility index (Phi) is 2.76. The predicted octanol–water partition coefficient (Wildman–Crippen LogP) is 1.90. The molecule has 0 N–H and O–H groups in total. The molecule has 1 aliphatic rings. The third kappa shape index (κ3) is 1.97. The van der Waals surface area contributed by atoms with Crippen molar-refractivity contribution in [2.75, 3.05) is 6.61 Å². The molecule has 0 saturated heterocycles. The Morgan fingerprint density at radius 1 is 1.50 bits per heavy atom. The molecule has 2 heterocycles. The molecule has 0 fully saturated rings. The number of hydrogen-bond acceptors (Lipinski definition) is 4. The quantitative estimate of drug-likeness (QED) is 0.850. The van der Waals surface area contributed by atoms with E-state index in [4.69, 9.17) is 10.00 Å². The zero-order valence-electron chi connectivity index (χ0n) is 9.43. The number of ether oxygens (including phenoxy) is 1. The van der Waals surface area contributed by atoms with Crippen molar-refractivity contribution in [2.24, 2.45) is 0 Å². The maximum absolute atomic E-state index is 8.70. The average Bonchev–Trinajstić information content (AvgIpc) is 2.97. The summed E-state index contributed by atoms with van der Waals surface area (Å²) in [6.45, 7) is 1.27. The van der Waals surface area contributed by atoms with E-state index in [-0.39, 0.29) is 5.82 Å². The van der Waals surface area contributed by atoms with E-state index in [0.717, 1.165) is 28.8 Å². The van der Waals surface area contributed by atoms with Crippen molar-refractivity contribution in [1.29, 1.82) is 5.26 Å². The van der Waals surface area contributed by atoms with Gasteiger partial charge in [-0.25, -0.2) is 9.67 Å². The summed E-state index contributed by atoms with van der Waals surface area (Å²) in [5, 5.41) is 12.7. The van der Waals surface area contributed by atoms with Crippen LogP contribution < -0.4 is 4.74 Å². The van der Waals surface area contributed by atoms with Gasteiger partial charge < -0.3 is 4.74 Å². The minimum atomic E-state index is 0.183. The highest BCUT2D eigenvalue weighted by Crippen LogP contribution is 2.33. The van der Waals surface area contributed by atoms with Crippen LogP contribution in [0.25, 0.3) is 0 Å². The fourth-order valence-electron chi connectivity index (χ4n) is 2.06. The van der Waals surface area contributed by atoms with Gasteiger partial charge in [0.2, 0.25) is 0 Å². The first-order valence-corrected chi connectivity index (χ1v) is 6.29. The number of nitriles is 1. The number of hydrogen-bond donors (Lipinski definition) is 0. The third-order valence-electron chi connectivity index (χ3n) is 2.79. The SMILES string of the molecule is N#Cc1ncn(Cc2cc(Br)cc3c2OCC3)n1. The number of aromatic nitrogens is 3. The maximum atomic E-state index is 8.70. The van der Waals surface area contributed by atoms with Crippen molar-refractivity contribution in [3.8, 4) is 11.8 Å². The molecule has 0 amide bonds. The Labute approximate surface area is 112 Å². The summed E-state index contributed by atoms with van der Waals surface area (Å²) in [5.74, 6) is 1.12. The van der Waals surface area contributed by atoms with E-state index in [1.54, 1.807) is 11.0 Å². The molecule has 0 saturated carbocycles. The summed E-state index contributed by atoms with van der Waals surface area (Å²) in [6.07, 6.45) is 2.49. The lowest BCUT2D eigenvalue weighted by Crippen LogP contribution is -2.02. The van der Waals surface area contributed by atoms with Gasteiger partial charge in [0, 0.05) is 16.5 Å². The Balaban J connectivity index is 1.95. The first-order valence-electron chi connectivity index (χ1n) is 5.50. The summed E-state index contributed by atoms with van der Waals surface area (Å²) >= 11 is 3.49. The highest BCUT2D eigenvalue weighted by atomic mass is 79.9. The van der Waals surface area contributed by atoms with Crippen LogP contribution >= 0.6 is 15.9 Å². The number of halogens is 1. The summed E-state index contributed by atoms with van der Waals surface area (Å²) < 4.78 is 8.31. The molecule has 0 spiro atoms. The highest BCUT2D eigenvalue weighted by molar-refractivity contribution is 9.10. The number of rotatable bonds is 2.